The molecular formula is C19H21NO2S. The molecule has 0 unspecified atom stereocenters. The van der Waals surface area contributed by atoms with E-state index in [1.165, 1.54) is 0 Å². The van der Waals surface area contributed by atoms with Gasteiger partial charge in [0.2, 0.25) is 5.91 Å². The maximum absolute atomic E-state index is 12.6. The molecule has 1 amide bonds. The van der Waals surface area contributed by atoms with Crippen molar-refractivity contribution in [2.24, 2.45) is 0 Å². The second kappa shape index (κ2) is 7.09. The summed E-state index contributed by atoms with van der Waals surface area (Å²) >= 11 is 1.75. The summed E-state index contributed by atoms with van der Waals surface area (Å²) in [6.45, 7) is 2.45. The average Bonchev–Trinajstić information content (AvgIpc) is 2.61. The zero-order chi connectivity index (χ0) is 16.2. The number of benzene rings is 2. The molecule has 0 bridgehead atoms. The Hall–Kier alpha value is -1.94. The first-order valence-electron chi connectivity index (χ1n) is 7.80. The molecule has 0 saturated heterocycles. The molecule has 0 aliphatic carbocycles. The molecule has 2 aromatic carbocycles. The van der Waals surface area contributed by atoms with E-state index in [9.17, 15) is 4.79 Å². The largest absolute Gasteiger partial charge is 0.491 e. The number of hydrogen-bond acceptors (Lipinski definition) is 3. The highest BCUT2D eigenvalue weighted by Gasteiger charge is 2.32. The number of fused-ring (bicyclic) bond motifs is 1. The van der Waals surface area contributed by atoms with Crippen molar-refractivity contribution in [3.05, 3.63) is 65.7 Å². The number of carbonyl (C=O) groups is 1. The van der Waals surface area contributed by atoms with Gasteiger partial charge in [-0.3, -0.25) is 4.79 Å². The van der Waals surface area contributed by atoms with Crippen LogP contribution in [-0.4, -0.2) is 24.8 Å². The number of hydrogen-bond donors (Lipinski definition) is 1. The van der Waals surface area contributed by atoms with Crippen LogP contribution in [0.4, 0.5) is 0 Å². The highest BCUT2D eigenvalue weighted by Crippen LogP contribution is 2.39. The Morgan fingerprint density at radius 2 is 1.87 bits per heavy atom. The van der Waals surface area contributed by atoms with Crippen LogP contribution in [0.2, 0.25) is 0 Å². The summed E-state index contributed by atoms with van der Waals surface area (Å²) in [6.07, 6.45) is 2.08. The molecule has 1 aliphatic rings. The first-order chi connectivity index (χ1) is 11.2. The van der Waals surface area contributed by atoms with Crippen molar-refractivity contribution in [1.82, 2.24) is 5.32 Å². The van der Waals surface area contributed by atoms with Gasteiger partial charge in [0.05, 0.1) is 17.2 Å². The van der Waals surface area contributed by atoms with Crippen LogP contribution >= 0.6 is 11.8 Å². The van der Waals surface area contributed by atoms with Crippen molar-refractivity contribution in [3.8, 4) is 5.75 Å². The topological polar surface area (TPSA) is 38.3 Å². The molecule has 3 nitrogen and oxygen atoms in total. The summed E-state index contributed by atoms with van der Waals surface area (Å²) < 4.78 is 5.83. The molecule has 4 heteroatoms. The number of ether oxygens (including phenoxy) is 1. The third kappa shape index (κ3) is 3.37. The average molecular weight is 327 g/mol. The minimum Gasteiger partial charge on any atom is -0.491 e. The van der Waals surface area contributed by atoms with Crippen LogP contribution in [0.15, 0.2) is 54.6 Å². The maximum atomic E-state index is 12.6. The van der Waals surface area contributed by atoms with Gasteiger partial charge in [-0.2, -0.15) is 11.8 Å². The lowest BCUT2D eigenvalue weighted by Crippen LogP contribution is -2.46. The molecule has 2 aromatic rings. The highest BCUT2D eigenvalue weighted by atomic mass is 32.2. The van der Waals surface area contributed by atoms with Crippen molar-refractivity contribution in [2.75, 3.05) is 12.9 Å². The molecule has 120 valence electrons. The van der Waals surface area contributed by atoms with Gasteiger partial charge in [0.25, 0.3) is 0 Å². The van der Waals surface area contributed by atoms with Crippen LogP contribution < -0.4 is 10.1 Å². The van der Waals surface area contributed by atoms with Crippen LogP contribution in [0, 0.1) is 0 Å². The van der Waals surface area contributed by atoms with E-state index in [4.69, 9.17) is 4.74 Å². The standard InChI is InChI=1S/C19H21NO2S/c1-13(14-8-4-3-5-9-14)19(21)20-16-12-22-17-11-7-6-10-15(17)18(16)23-2/h3-11,13,16,18H,12H2,1-2H3,(H,20,21)/t13-,16+,18+/m0/s1. The van der Waals surface area contributed by atoms with Gasteiger partial charge in [0.1, 0.15) is 12.4 Å². The smallest absolute Gasteiger partial charge is 0.227 e. The van der Waals surface area contributed by atoms with Crippen LogP contribution in [0.3, 0.4) is 0 Å². The molecular weight excluding hydrogens is 306 g/mol. The number of rotatable bonds is 4. The van der Waals surface area contributed by atoms with Gasteiger partial charge in [-0.1, -0.05) is 48.5 Å². The fourth-order valence-electron chi connectivity index (χ4n) is 2.94. The van der Waals surface area contributed by atoms with Crippen molar-refractivity contribution in [3.63, 3.8) is 0 Å². The Morgan fingerprint density at radius 1 is 1.17 bits per heavy atom. The first kappa shape index (κ1) is 15.9. The fourth-order valence-corrected chi connectivity index (χ4v) is 3.86. The third-order valence-corrected chi connectivity index (χ3v) is 5.37. The molecule has 0 radical (unpaired) electrons. The van der Waals surface area contributed by atoms with Gasteiger partial charge in [0, 0.05) is 5.56 Å². The molecule has 0 spiro atoms. The minimum absolute atomic E-state index is 0.0152. The molecule has 3 rings (SSSR count). The van der Waals surface area contributed by atoms with Gasteiger partial charge in [0.15, 0.2) is 0 Å². The van der Waals surface area contributed by atoms with Gasteiger partial charge in [-0.25, -0.2) is 0 Å². The van der Waals surface area contributed by atoms with E-state index in [0.717, 1.165) is 16.9 Å². The molecule has 1 aliphatic heterocycles. The van der Waals surface area contributed by atoms with Gasteiger partial charge in [-0.05, 0) is 24.8 Å². The molecule has 1 heterocycles. The van der Waals surface area contributed by atoms with Crippen LogP contribution in [-0.2, 0) is 4.79 Å². The van der Waals surface area contributed by atoms with Gasteiger partial charge < -0.3 is 10.1 Å². The van der Waals surface area contributed by atoms with E-state index < -0.39 is 0 Å². The lowest BCUT2D eigenvalue weighted by atomic mass is 9.98. The quantitative estimate of drug-likeness (QED) is 0.929. The number of thioether (sulfide) groups is 1. The zero-order valence-electron chi connectivity index (χ0n) is 13.4. The van der Waals surface area contributed by atoms with Gasteiger partial charge >= 0.3 is 0 Å². The second-order valence-electron chi connectivity index (χ2n) is 5.75. The molecule has 1 N–H and O–H groups in total. The number of para-hydroxylation sites is 1. The fraction of sp³-hybridized carbons (Fsp3) is 0.316. The summed E-state index contributed by atoms with van der Waals surface area (Å²) in [7, 11) is 0. The monoisotopic (exact) mass is 327 g/mol. The number of nitrogens with one attached hydrogen (secondary N) is 1. The van der Waals surface area contributed by atoms with Crippen molar-refractivity contribution in [2.45, 2.75) is 24.1 Å². The Kier molecular flexibility index (Phi) is 4.91. The van der Waals surface area contributed by atoms with E-state index in [2.05, 4.69) is 17.6 Å². The molecule has 0 aromatic heterocycles. The zero-order valence-corrected chi connectivity index (χ0v) is 14.2. The van der Waals surface area contributed by atoms with Crippen molar-refractivity contribution in [1.29, 1.82) is 0 Å². The minimum atomic E-state index is -0.170. The van der Waals surface area contributed by atoms with E-state index >= 15 is 0 Å². The van der Waals surface area contributed by atoms with Crippen molar-refractivity contribution < 1.29 is 9.53 Å². The van der Waals surface area contributed by atoms with Crippen LogP contribution in [0.25, 0.3) is 0 Å². The molecule has 0 fully saturated rings. The Balaban J connectivity index is 1.74. The summed E-state index contributed by atoms with van der Waals surface area (Å²) in [5, 5.41) is 3.39. The van der Waals surface area contributed by atoms with E-state index in [-0.39, 0.29) is 23.1 Å². The molecule has 0 saturated carbocycles. The second-order valence-corrected chi connectivity index (χ2v) is 6.73. The third-order valence-electron chi connectivity index (χ3n) is 4.28. The van der Waals surface area contributed by atoms with E-state index in [0.29, 0.717) is 6.61 Å². The SMILES string of the molecule is CS[C@@H]1c2ccccc2OC[C@H]1NC(=O)[C@@H](C)c1ccccc1. The number of amides is 1. The number of carbonyl (C=O) groups excluding carboxylic acids is 1. The van der Waals surface area contributed by atoms with E-state index in [1.54, 1.807) is 11.8 Å². The van der Waals surface area contributed by atoms with Crippen LogP contribution in [0.1, 0.15) is 29.2 Å². The summed E-state index contributed by atoms with van der Waals surface area (Å²) in [5.41, 5.74) is 2.19. The Morgan fingerprint density at radius 3 is 2.61 bits per heavy atom. The Labute approximate surface area is 141 Å². The molecule has 3 atom stereocenters. The van der Waals surface area contributed by atoms with E-state index in [1.807, 2.05) is 55.5 Å². The summed E-state index contributed by atoms with van der Waals surface area (Å²) in [4.78, 5) is 12.6. The predicted molar refractivity (Wildman–Crippen MR) is 95.0 cm³/mol. The predicted octanol–water partition coefficient (Wildman–Crippen LogP) is 3.77. The lowest BCUT2D eigenvalue weighted by molar-refractivity contribution is -0.123. The Bertz CT molecular complexity index is 674. The normalized spacial score (nSPS) is 21.0. The van der Waals surface area contributed by atoms with Crippen LogP contribution in [0.5, 0.6) is 5.75 Å². The highest BCUT2D eigenvalue weighted by molar-refractivity contribution is 7.98. The molecule has 23 heavy (non-hydrogen) atoms. The lowest BCUT2D eigenvalue weighted by Gasteiger charge is -2.33. The summed E-state index contributed by atoms with van der Waals surface area (Å²) in [6, 6.07) is 17.9. The maximum Gasteiger partial charge on any atom is 0.227 e. The first-order valence-corrected chi connectivity index (χ1v) is 9.09. The van der Waals surface area contributed by atoms with Crippen molar-refractivity contribution >= 4 is 17.7 Å². The van der Waals surface area contributed by atoms with Gasteiger partial charge in [-0.15, -0.1) is 0 Å². The summed E-state index contributed by atoms with van der Waals surface area (Å²) in [5.74, 6) is 0.799.